The standard InChI is InChI=1S/C23H25N3O4S/c1-3-26(20-7-5-4-6-8-20)31(28,29)21-13-14-22(25-17-21)24-16-15-18-9-11-19(12-10-18)23(27)30-2/h4-14,17H,3,15-16H2,1-2H3,(H,24,25). The fourth-order valence-corrected chi connectivity index (χ4v) is 4.53. The van der Waals surface area contributed by atoms with E-state index in [1.165, 1.54) is 17.6 Å². The summed E-state index contributed by atoms with van der Waals surface area (Å²) in [6.45, 7) is 2.73. The molecule has 2 aromatic carbocycles. The average molecular weight is 440 g/mol. The molecule has 0 saturated carbocycles. The van der Waals surface area contributed by atoms with Crippen molar-refractivity contribution in [2.45, 2.75) is 18.2 Å². The molecule has 0 aliphatic carbocycles. The molecule has 162 valence electrons. The van der Waals surface area contributed by atoms with Gasteiger partial charge in [-0.05, 0) is 55.3 Å². The molecule has 0 saturated heterocycles. The zero-order chi connectivity index (χ0) is 22.3. The Labute approximate surface area is 182 Å². The molecular weight excluding hydrogens is 414 g/mol. The van der Waals surface area contributed by atoms with Gasteiger partial charge >= 0.3 is 5.97 Å². The molecular formula is C23H25N3O4S. The number of aromatic nitrogens is 1. The molecule has 1 N–H and O–H groups in total. The van der Waals surface area contributed by atoms with Crippen LogP contribution in [0.3, 0.4) is 0 Å². The fourth-order valence-electron chi connectivity index (χ4n) is 3.11. The molecule has 0 fully saturated rings. The van der Waals surface area contributed by atoms with Gasteiger partial charge in [-0.1, -0.05) is 30.3 Å². The molecule has 1 aromatic heterocycles. The summed E-state index contributed by atoms with van der Waals surface area (Å²) in [6, 6.07) is 19.4. The highest BCUT2D eigenvalue weighted by molar-refractivity contribution is 7.92. The molecule has 0 aliphatic heterocycles. The highest BCUT2D eigenvalue weighted by Gasteiger charge is 2.23. The summed E-state index contributed by atoms with van der Waals surface area (Å²) >= 11 is 0. The van der Waals surface area contributed by atoms with Gasteiger partial charge in [0.25, 0.3) is 10.0 Å². The van der Waals surface area contributed by atoms with Crippen molar-refractivity contribution in [3.05, 3.63) is 84.1 Å². The van der Waals surface area contributed by atoms with Crippen LogP contribution in [0.15, 0.2) is 77.8 Å². The number of carbonyl (C=O) groups excluding carboxylic acids is 1. The minimum Gasteiger partial charge on any atom is -0.465 e. The summed E-state index contributed by atoms with van der Waals surface area (Å²) in [5, 5.41) is 3.18. The Morgan fingerprint density at radius 1 is 1.03 bits per heavy atom. The topological polar surface area (TPSA) is 88.6 Å². The van der Waals surface area contributed by atoms with E-state index in [-0.39, 0.29) is 10.9 Å². The fraction of sp³-hybridized carbons (Fsp3) is 0.217. The monoisotopic (exact) mass is 439 g/mol. The molecule has 7 nitrogen and oxygen atoms in total. The van der Waals surface area contributed by atoms with Crippen molar-refractivity contribution in [1.29, 1.82) is 0 Å². The van der Waals surface area contributed by atoms with Crippen molar-refractivity contribution >= 4 is 27.5 Å². The molecule has 0 amide bonds. The number of anilines is 2. The molecule has 0 bridgehead atoms. The predicted octanol–water partition coefficient (Wildman–Crippen LogP) is 3.74. The third-order valence-corrected chi connectivity index (χ3v) is 6.64. The Morgan fingerprint density at radius 2 is 1.74 bits per heavy atom. The number of rotatable bonds is 9. The number of benzene rings is 2. The number of nitrogens with one attached hydrogen (secondary N) is 1. The van der Waals surface area contributed by atoms with Crippen LogP contribution in [0.1, 0.15) is 22.8 Å². The first-order valence-corrected chi connectivity index (χ1v) is 11.3. The van der Waals surface area contributed by atoms with Gasteiger partial charge in [-0.15, -0.1) is 0 Å². The first kappa shape index (κ1) is 22.3. The number of esters is 1. The lowest BCUT2D eigenvalue weighted by atomic mass is 10.1. The summed E-state index contributed by atoms with van der Waals surface area (Å²) in [5.74, 6) is 0.228. The summed E-state index contributed by atoms with van der Waals surface area (Å²) in [5.41, 5.74) is 2.18. The molecule has 0 aliphatic rings. The molecule has 0 radical (unpaired) electrons. The summed E-state index contributed by atoms with van der Waals surface area (Å²) in [6.07, 6.45) is 2.09. The molecule has 0 unspecified atom stereocenters. The number of hydrogen-bond acceptors (Lipinski definition) is 6. The Balaban J connectivity index is 1.61. The maximum Gasteiger partial charge on any atom is 0.337 e. The third kappa shape index (κ3) is 5.40. The highest BCUT2D eigenvalue weighted by atomic mass is 32.2. The SMILES string of the molecule is CCN(c1ccccc1)S(=O)(=O)c1ccc(NCCc2ccc(C(=O)OC)cc2)nc1. The smallest absolute Gasteiger partial charge is 0.337 e. The van der Waals surface area contributed by atoms with Crippen LogP contribution < -0.4 is 9.62 Å². The van der Waals surface area contributed by atoms with Crippen LogP contribution in [0, 0.1) is 0 Å². The highest BCUT2D eigenvalue weighted by Crippen LogP contribution is 2.23. The zero-order valence-corrected chi connectivity index (χ0v) is 18.3. The Kier molecular flexibility index (Phi) is 7.25. The number of para-hydroxylation sites is 1. The van der Waals surface area contributed by atoms with Crippen LogP contribution in [0.25, 0.3) is 0 Å². The number of carbonyl (C=O) groups is 1. The lowest BCUT2D eigenvalue weighted by Gasteiger charge is -2.22. The normalized spacial score (nSPS) is 11.0. The first-order chi connectivity index (χ1) is 15.0. The van der Waals surface area contributed by atoms with Crippen molar-refractivity contribution in [3.8, 4) is 0 Å². The minimum absolute atomic E-state index is 0.141. The number of sulfonamides is 1. The van der Waals surface area contributed by atoms with Gasteiger partial charge in [0.05, 0.1) is 18.4 Å². The second-order valence-electron chi connectivity index (χ2n) is 6.75. The summed E-state index contributed by atoms with van der Waals surface area (Å²) in [7, 11) is -2.34. The predicted molar refractivity (Wildman–Crippen MR) is 121 cm³/mol. The van der Waals surface area contributed by atoms with Gasteiger partial charge in [0.15, 0.2) is 0 Å². The number of ether oxygens (including phenoxy) is 1. The summed E-state index contributed by atoms with van der Waals surface area (Å²) in [4.78, 5) is 15.9. The van der Waals surface area contributed by atoms with Gasteiger partial charge in [-0.25, -0.2) is 18.2 Å². The van der Waals surface area contributed by atoms with E-state index in [0.29, 0.717) is 30.2 Å². The van der Waals surface area contributed by atoms with Gasteiger partial charge in [-0.3, -0.25) is 4.31 Å². The number of methoxy groups -OCH3 is 1. The molecule has 31 heavy (non-hydrogen) atoms. The number of pyridine rings is 1. The van der Waals surface area contributed by atoms with E-state index in [1.807, 2.05) is 30.3 Å². The van der Waals surface area contributed by atoms with Gasteiger partial charge in [0.2, 0.25) is 0 Å². The summed E-state index contributed by atoms with van der Waals surface area (Å²) < 4.78 is 32.1. The minimum atomic E-state index is -3.69. The molecule has 0 spiro atoms. The van der Waals surface area contributed by atoms with E-state index in [9.17, 15) is 13.2 Å². The Bertz CT molecular complexity index is 1100. The second-order valence-corrected chi connectivity index (χ2v) is 8.61. The molecule has 3 rings (SSSR count). The van der Waals surface area contributed by atoms with Gasteiger partial charge in [0, 0.05) is 19.3 Å². The van der Waals surface area contributed by atoms with E-state index >= 15 is 0 Å². The van der Waals surface area contributed by atoms with Gasteiger partial charge in [0.1, 0.15) is 10.7 Å². The van der Waals surface area contributed by atoms with Crippen molar-refractivity contribution in [2.24, 2.45) is 0 Å². The molecule has 1 heterocycles. The lowest BCUT2D eigenvalue weighted by Crippen LogP contribution is -2.30. The maximum absolute atomic E-state index is 13.0. The third-order valence-electron chi connectivity index (χ3n) is 4.75. The molecule has 3 aromatic rings. The van der Waals surface area contributed by atoms with E-state index in [1.54, 1.807) is 43.3 Å². The number of hydrogen-bond donors (Lipinski definition) is 1. The maximum atomic E-state index is 13.0. The van der Waals surface area contributed by atoms with Crippen LogP contribution in [0.4, 0.5) is 11.5 Å². The molecule has 0 atom stereocenters. The van der Waals surface area contributed by atoms with E-state index in [2.05, 4.69) is 10.3 Å². The van der Waals surface area contributed by atoms with Gasteiger partial charge < -0.3 is 10.1 Å². The lowest BCUT2D eigenvalue weighted by molar-refractivity contribution is 0.0600. The average Bonchev–Trinajstić information content (AvgIpc) is 2.80. The van der Waals surface area contributed by atoms with Crippen molar-refractivity contribution in [1.82, 2.24) is 4.98 Å². The van der Waals surface area contributed by atoms with E-state index in [4.69, 9.17) is 4.74 Å². The van der Waals surface area contributed by atoms with Crippen molar-refractivity contribution in [3.63, 3.8) is 0 Å². The Hall–Kier alpha value is -3.39. The van der Waals surface area contributed by atoms with Crippen LogP contribution >= 0.6 is 0 Å². The molecule has 8 heteroatoms. The zero-order valence-electron chi connectivity index (χ0n) is 17.5. The largest absolute Gasteiger partial charge is 0.465 e. The van der Waals surface area contributed by atoms with Crippen LogP contribution in [-0.4, -0.2) is 39.6 Å². The van der Waals surface area contributed by atoms with Crippen LogP contribution in [0.5, 0.6) is 0 Å². The van der Waals surface area contributed by atoms with Crippen LogP contribution in [-0.2, 0) is 21.2 Å². The van der Waals surface area contributed by atoms with Gasteiger partial charge in [-0.2, -0.15) is 0 Å². The van der Waals surface area contributed by atoms with E-state index in [0.717, 1.165) is 12.0 Å². The van der Waals surface area contributed by atoms with Crippen LogP contribution in [0.2, 0.25) is 0 Å². The van der Waals surface area contributed by atoms with Crippen molar-refractivity contribution < 1.29 is 17.9 Å². The first-order valence-electron chi connectivity index (χ1n) is 9.90. The quantitative estimate of drug-likeness (QED) is 0.511. The Morgan fingerprint density at radius 3 is 2.32 bits per heavy atom. The van der Waals surface area contributed by atoms with E-state index < -0.39 is 10.0 Å². The number of nitrogens with zero attached hydrogens (tertiary/aromatic N) is 2. The van der Waals surface area contributed by atoms with Crippen molar-refractivity contribution in [2.75, 3.05) is 29.8 Å². The second kappa shape index (κ2) is 10.1.